The number of fused-ring (bicyclic) bond motifs is 1. The van der Waals surface area contributed by atoms with Gasteiger partial charge in [0.1, 0.15) is 0 Å². The zero-order valence-corrected chi connectivity index (χ0v) is 16.2. The van der Waals surface area contributed by atoms with Gasteiger partial charge in [-0.25, -0.2) is 0 Å². The van der Waals surface area contributed by atoms with Crippen molar-refractivity contribution in [3.8, 4) is 0 Å². The quantitative estimate of drug-likeness (QED) is 0.503. The van der Waals surface area contributed by atoms with Crippen LogP contribution in [0.25, 0.3) is 0 Å². The summed E-state index contributed by atoms with van der Waals surface area (Å²) in [6.45, 7) is 2.05. The lowest BCUT2D eigenvalue weighted by atomic mass is 9.85. The Morgan fingerprint density at radius 3 is 2.20 bits per heavy atom. The van der Waals surface area contributed by atoms with E-state index >= 15 is 0 Å². The minimum Gasteiger partial charge on any atom is -0.733 e. The van der Waals surface area contributed by atoms with Gasteiger partial charge in [0.15, 0.2) is 0 Å². The molecule has 2 aromatic rings. The van der Waals surface area contributed by atoms with Crippen molar-refractivity contribution in [3.63, 3.8) is 0 Å². The lowest BCUT2D eigenvalue weighted by molar-refractivity contribution is -0.377. The summed E-state index contributed by atoms with van der Waals surface area (Å²) >= 11 is 0. The molecule has 2 aromatic carbocycles. The molecule has 0 unspecified atom stereocenters. The van der Waals surface area contributed by atoms with Gasteiger partial charge in [0, 0.05) is 24.3 Å². The molecule has 0 amide bonds. The Hall–Kier alpha value is -3.75. The predicted octanol–water partition coefficient (Wildman–Crippen LogP) is 4.35. The Bertz CT molecular complexity index is 1060. The Labute approximate surface area is 173 Å². The first-order chi connectivity index (χ1) is 14.4. The van der Waals surface area contributed by atoms with Gasteiger partial charge in [-0.05, 0) is 54.5 Å². The van der Waals surface area contributed by atoms with E-state index in [1.54, 1.807) is 36.4 Å². The van der Waals surface area contributed by atoms with Crippen molar-refractivity contribution in [2.24, 2.45) is 0 Å². The molecule has 2 aliphatic rings. The minimum absolute atomic E-state index is 0.0380. The van der Waals surface area contributed by atoms with Crippen molar-refractivity contribution in [3.05, 3.63) is 105 Å². The van der Waals surface area contributed by atoms with Crippen LogP contribution in [0.15, 0.2) is 84.1 Å². The van der Waals surface area contributed by atoms with Crippen LogP contribution in [0, 0.1) is 15.6 Å². The van der Waals surface area contributed by atoms with Gasteiger partial charge in [-0.3, -0.25) is 5.21 Å². The number of hydrogen-bond donors (Lipinski definition) is 3. The number of anilines is 3. The molecule has 1 atom stereocenters. The standard InChI is InChI=1S/C22H20N4O4/c1-22(16-8-12-18(13-9-16)26(29)30)14-21(15-6-10-17(11-7-15)25(27)28)23-19-4-2-3-5-20(19)24-22/h2-13,23-24,29H,14H2,1H3/q-2/t22-/m1/s1. The molecule has 8 nitrogen and oxygen atoms in total. The van der Waals surface area contributed by atoms with Crippen LogP contribution in [0.5, 0.6) is 0 Å². The van der Waals surface area contributed by atoms with Crippen molar-refractivity contribution in [1.29, 1.82) is 0 Å². The predicted molar refractivity (Wildman–Crippen MR) is 117 cm³/mol. The molecule has 0 fully saturated rings. The van der Waals surface area contributed by atoms with Crippen LogP contribution in [-0.2, 0) is 5.54 Å². The summed E-state index contributed by atoms with van der Waals surface area (Å²) in [6, 6.07) is 14.5. The van der Waals surface area contributed by atoms with E-state index in [4.69, 9.17) is 5.21 Å². The molecule has 154 valence electrons. The van der Waals surface area contributed by atoms with Crippen LogP contribution in [0.1, 0.15) is 18.9 Å². The van der Waals surface area contributed by atoms with Crippen molar-refractivity contribution >= 4 is 22.8 Å². The molecule has 0 saturated heterocycles. The first kappa shape index (κ1) is 19.6. The molecule has 0 saturated carbocycles. The van der Waals surface area contributed by atoms with Gasteiger partial charge in [0.25, 0.3) is 0 Å². The molecule has 8 heteroatoms. The number of allylic oxidation sites excluding steroid dienone is 5. The molecular formula is C22H20N4O4-2. The molecule has 0 radical (unpaired) electrons. The highest BCUT2D eigenvalue weighted by Gasteiger charge is 2.32. The van der Waals surface area contributed by atoms with E-state index in [-0.39, 0.29) is 16.6 Å². The number of hydrogen-bond acceptors (Lipinski definition) is 7. The molecule has 0 spiro atoms. The summed E-state index contributed by atoms with van der Waals surface area (Å²) in [6.07, 6.45) is 7.01. The second-order valence-electron chi connectivity index (χ2n) is 7.41. The molecule has 1 aliphatic heterocycles. The van der Waals surface area contributed by atoms with Crippen molar-refractivity contribution in [2.45, 2.75) is 18.9 Å². The van der Waals surface area contributed by atoms with E-state index in [9.17, 15) is 15.6 Å². The SMILES string of the molecule is C[C@]1(c2ccc(N([O-])O)cc2)CC(=C2C=CC(=[N+]([O-])[O-])C=C2)Nc2ccccc2N1. The fourth-order valence-electron chi connectivity index (χ4n) is 3.69. The second-order valence-corrected chi connectivity index (χ2v) is 7.41. The van der Waals surface area contributed by atoms with Gasteiger partial charge in [-0.15, -0.1) is 0 Å². The number of para-hydroxylation sites is 2. The highest BCUT2D eigenvalue weighted by atomic mass is 16.8. The van der Waals surface area contributed by atoms with Gasteiger partial charge in [-0.1, -0.05) is 24.3 Å². The van der Waals surface area contributed by atoms with Crippen LogP contribution >= 0.6 is 0 Å². The van der Waals surface area contributed by atoms with Crippen LogP contribution in [0.3, 0.4) is 0 Å². The zero-order chi connectivity index (χ0) is 21.3. The third-order valence-corrected chi connectivity index (χ3v) is 5.31. The van der Waals surface area contributed by atoms with Crippen LogP contribution < -0.4 is 15.9 Å². The number of nitrogens with zero attached hydrogens (tertiary/aromatic N) is 2. The van der Waals surface area contributed by atoms with Gasteiger partial charge in [0.05, 0.1) is 22.6 Å². The lowest BCUT2D eigenvalue weighted by Gasteiger charge is -2.32. The summed E-state index contributed by atoms with van der Waals surface area (Å²) in [5.41, 5.74) is 4.12. The highest BCUT2D eigenvalue weighted by Crippen LogP contribution is 2.40. The average molecular weight is 404 g/mol. The van der Waals surface area contributed by atoms with E-state index in [0.29, 0.717) is 6.42 Å². The Kier molecular flexibility index (Phi) is 4.94. The lowest BCUT2D eigenvalue weighted by Crippen LogP contribution is -2.32. The van der Waals surface area contributed by atoms with Crippen molar-refractivity contribution < 1.29 is 10.1 Å². The summed E-state index contributed by atoms with van der Waals surface area (Å²) in [4.78, 5) is -0.419. The first-order valence-corrected chi connectivity index (χ1v) is 9.37. The Morgan fingerprint density at radius 2 is 1.60 bits per heavy atom. The van der Waals surface area contributed by atoms with Gasteiger partial charge in [0.2, 0.25) is 5.71 Å². The maximum absolute atomic E-state index is 11.1. The fraction of sp³-hybridized carbons (Fsp3) is 0.136. The molecule has 0 aromatic heterocycles. The maximum atomic E-state index is 11.1. The normalized spacial score (nSPS) is 20.2. The topological polar surface area (TPSA) is 120 Å². The van der Waals surface area contributed by atoms with E-state index < -0.39 is 10.4 Å². The van der Waals surface area contributed by atoms with Gasteiger partial charge in [-0.2, -0.15) is 4.90 Å². The molecule has 1 aliphatic carbocycles. The fourth-order valence-corrected chi connectivity index (χ4v) is 3.69. The van der Waals surface area contributed by atoms with Crippen LogP contribution in [0.2, 0.25) is 0 Å². The number of nitrogens with one attached hydrogen (secondary N) is 2. The number of benzene rings is 2. The smallest absolute Gasteiger partial charge is 0.222 e. The molecule has 1 heterocycles. The first-order valence-electron chi connectivity index (χ1n) is 9.37. The molecule has 0 bridgehead atoms. The van der Waals surface area contributed by atoms with Crippen LogP contribution in [0.4, 0.5) is 17.1 Å². The summed E-state index contributed by atoms with van der Waals surface area (Å²) in [5.74, 6) is 0. The monoisotopic (exact) mass is 404 g/mol. The van der Waals surface area contributed by atoms with Gasteiger partial charge >= 0.3 is 0 Å². The summed E-state index contributed by atoms with van der Waals surface area (Å²) < 4.78 is 0. The Balaban J connectivity index is 1.79. The second kappa shape index (κ2) is 7.58. The zero-order valence-electron chi connectivity index (χ0n) is 16.2. The largest absolute Gasteiger partial charge is 0.733 e. The van der Waals surface area contributed by atoms with E-state index in [1.807, 2.05) is 31.2 Å². The highest BCUT2D eigenvalue weighted by molar-refractivity contribution is 6.02. The third kappa shape index (κ3) is 3.73. The summed E-state index contributed by atoms with van der Waals surface area (Å²) in [5, 5.41) is 49.1. The van der Waals surface area contributed by atoms with Crippen LogP contribution in [-0.4, -0.2) is 15.8 Å². The molecule has 3 N–H and O–H groups in total. The van der Waals surface area contributed by atoms with E-state index in [1.165, 1.54) is 12.2 Å². The van der Waals surface area contributed by atoms with Crippen molar-refractivity contribution in [2.75, 3.05) is 15.9 Å². The minimum atomic E-state index is -0.543. The van der Waals surface area contributed by atoms with Crippen molar-refractivity contribution in [1.82, 2.24) is 0 Å². The van der Waals surface area contributed by atoms with Gasteiger partial charge < -0.3 is 31.5 Å². The maximum Gasteiger partial charge on any atom is 0.222 e. The average Bonchev–Trinajstić information content (AvgIpc) is 2.90. The molecule has 4 rings (SSSR count). The third-order valence-electron chi connectivity index (χ3n) is 5.31. The number of rotatable bonds is 2. The molecular weight excluding hydrogens is 384 g/mol. The summed E-state index contributed by atoms with van der Waals surface area (Å²) in [7, 11) is 0. The Morgan fingerprint density at radius 1 is 0.967 bits per heavy atom. The van der Waals surface area contributed by atoms with E-state index in [2.05, 4.69) is 10.6 Å². The van der Waals surface area contributed by atoms with E-state index in [0.717, 1.165) is 28.2 Å². The molecule has 30 heavy (non-hydrogen) atoms.